The number of allylic oxidation sites excluding steroid dienone is 1. The number of nitrogens with one attached hydrogen (secondary N) is 1. The van der Waals surface area contributed by atoms with Gasteiger partial charge in [0.2, 0.25) is 0 Å². The van der Waals surface area contributed by atoms with Gasteiger partial charge in [-0.15, -0.1) is 0 Å². The Morgan fingerprint density at radius 3 is 2.74 bits per heavy atom. The lowest BCUT2D eigenvalue weighted by molar-refractivity contribution is -0.134. The zero-order valence-corrected chi connectivity index (χ0v) is 17.4. The van der Waals surface area contributed by atoms with Gasteiger partial charge in [-0.3, -0.25) is 9.79 Å². The maximum Gasteiger partial charge on any atom is 0.281 e. The van der Waals surface area contributed by atoms with Gasteiger partial charge in [0, 0.05) is 24.0 Å². The molecule has 0 saturated heterocycles. The second-order valence-electron chi connectivity index (χ2n) is 8.34. The first-order valence-electron chi connectivity index (χ1n) is 10.1. The van der Waals surface area contributed by atoms with Gasteiger partial charge in [0.05, 0.1) is 23.2 Å². The number of ether oxygens (including phenoxy) is 1. The Labute approximate surface area is 182 Å². The van der Waals surface area contributed by atoms with E-state index in [0.29, 0.717) is 38.6 Å². The third-order valence-corrected chi connectivity index (χ3v) is 6.85. The van der Waals surface area contributed by atoms with Crippen LogP contribution in [0.1, 0.15) is 32.1 Å². The molecular weight excluding hydrogens is 435 g/mol. The first kappa shape index (κ1) is 22.0. The minimum Gasteiger partial charge on any atom is -0.484 e. The molecule has 3 fully saturated rings. The molecule has 4 aliphatic rings. The molecule has 2 bridgehead atoms. The number of benzene rings is 1. The van der Waals surface area contributed by atoms with E-state index >= 15 is 0 Å². The fourth-order valence-electron chi connectivity index (χ4n) is 4.86. The summed E-state index contributed by atoms with van der Waals surface area (Å²) in [7, 11) is 0. The highest BCUT2D eigenvalue weighted by Gasteiger charge is 2.57. The first-order valence-corrected chi connectivity index (χ1v) is 10.5. The van der Waals surface area contributed by atoms with E-state index in [9.17, 15) is 23.1 Å². The van der Waals surface area contributed by atoms with E-state index in [1.807, 2.05) is 0 Å². The summed E-state index contributed by atoms with van der Waals surface area (Å²) in [5, 5.41) is 13.9. The van der Waals surface area contributed by atoms with Crippen LogP contribution < -0.4 is 10.1 Å². The molecule has 0 spiro atoms. The molecule has 0 radical (unpaired) electrons. The van der Waals surface area contributed by atoms with Crippen molar-refractivity contribution in [3.05, 3.63) is 40.9 Å². The molecule has 1 aromatic rings. The lowest BCUT2D eigenvalue weighted by atomic mass is 9.59. The van der Waals surface area contributed by atoms with Gasteiger partial charge in [0.1, 0.15) is 17.3 Å². The van der Waals surface area contributed by atoms with Crippen molar-refractivity contribution in [1.29, 1.82) is 0 Å². The summed E-state index contributed by atoms with van der Waals surface area (Å²) >= 11 is 5.63. The number of halogens is 4. The van der Waals surface area contributed by atoms with E-state index in [1.54, 1.807) is 4.90 Å². The number of rotatable bonds is 6. The van der Waals surface area contributed by atoms with Crippen molar-refractivity contribution < 1.29 is 27.8 Å². The van der Waals surface area contributed by atoms with Crippen molar-refractivity contribution in [2.24, 2.45) is 4.99 Å². The number of carbonyl (C=O) groups excluding carboxylic acids is 1. The van der Waals surface area contributed by atoms with Crippen LogP contribution in [0.15, 0.2) is 35.1 Å². The third-order valence-electron chi connectivity index (χ3n) is 6.55. The Hall–Kier alpha value is -2.26. The molecule has 1 atom stereocenters. The van der Waals surface area contributed by atoms with Crippen LogP contribution in [-0.2, 0) is 4.79 Å². The van der Waals surface area contributed by atoms with Crippen molar-refractivity contribution in [1.82, 2.24) is 10.2 Å². The van der Waals surface area contributed by atoms with Gasteiger partial charge in [-0.25, -0.2) is 13.2 Å². The van der Waals surface area contributed by atoms with Crippen molar-refractivity contribution >= 4 is 23.7 Å². The zero-order chi connectivity index (χ0) is 22.2. The molecule has 1 aromatic carbocycles. The maximum absolute atomic E-state index is 13.5. The van der Waals surface area contributed by atoms with E-state index < -0.39 is 29.4 Å². The lowest BCUT2D eigenvalue weighted by Gasteiger charge is -2.60. The number of aliphatic hydroxyl groups excluding tert-OH is 1. The second kappa shape index (κ2) is 8.35. The van der Waals surface area contributed by atoms with Gasteiger partial charge in [-0.05, 0) is 44.2 Å². The molecule has 10 heteroatoms. The molecule has 1 amide bonds. The molecule has 0 aromatic heterocycles. The minimum absolute atomic E-state index is 0.0342. The Bertz CT molecular complexity index is 916. The Morgan fingerprint density at radius 2 is 2.10 bits per heavy atom. The number of aliphatic imine (C=N–C) groups is 1. The number of carbonyl (C=O) groups is 1. The van der Waals surface area contributed by atoms with Crippen LogP contribution in [0, 0.1) is 5.82 Å². The second-order valence-corrected chi connectivity index (χ2v) is 8.74. The van der Waals surface area contributed by atoms with Gasteiger partial charge >= 0.3 is 0 Å². The number of alkyl halides is 2. The number of nitrogens with zero attached hydrogens (tertiary/aromatic N) is 2. The summed E-state index contributed by atoms with van der Waals surface area (Å²) in [6, 6.07) is 3.93. The number of hydrogen-bond acceptors (Lipinski definition) is 5. The van der Waals surface area contributed by atoms with E-state index in [4.69, 9.17) is 16.3 Å². The van der Waals surface area contributed by atoms with Crippen LogP contribution in [0.2, 0.25) is 5.02 Å². The predicted molar refractivity (Wildman–Crippen MR) is 109 cm³/mol. The summed E-state index contributed by atoms with van der Waals surface area (Å²) in [5.74, 6) is -0.819. The largest absolute Gasteiger partial charge is 0.484 e. The quantitative estimate of drug-likeness (QED) is 0.687. The normalized spacial score (nSPS) is 29.8. The van der Waals surface area contributed by atoms with E-state index in [2.05, 4.69) is 10.3 Å². The average molecular weight is 458 g/mol. The van der Waals surface area contributed by atoms with Crippen LogP contribution in [0.4, 0.5) is 13.2 Å². The molecule has 1 unspecified atom stereocenters. The molecule has 1 aliphatic heterocycles. The Balaban J connectivity index is 1.38. The summed E-state index contributed by atoms with van der Waals surface area (Å²) in [6.07, 6.45) is 1.97. The molecule has 1 heterocycles. The van der Waals surface area contributed by atoms with Gasteiger partial charge in [-0.2, -0.15) is 0 Å². The standard InChI is InChI=1S/C21H23ClF3N3O3/c22-14-2-1-13(9-15(14)23)31-12-18(30)27-20-3-5-21(6-4-20,17(29)10-20)28-8-7-26-16(11-28)19(24)25/h1-2,7,9,11,17,19,29H,3-6,8,10,12H2,(H,27,30). The zero-order valence-electron chi connectivity index (χ0n) is 16.7. The van der Waals surface area contributed by atoms with Crippen LogP contribution >= 0.6 is 11.6 Å². The molecule has 3 saturated carbocycles. The van der Waals surface area contributed by atoms with E-state index in [-0.39, 0.29) is 29.0 Å². The summed E-state index contributed by atoms with van der Waals surface area (Å²) in [4.78, 5) is 18.0. The number of amides is 1. The summed E-state index contributed by atoms with van der Waals surface area (Å²) < 4.78 is 45.0. The van der Waals surface area contributed by atoms with Crippen LogP contribution in [0.3, 0.4) is 0 Å². The molecule has 31 heavy (non-hydrogen) atoms. The van der Waals surface area contributed by atoms with Crippen molar-refractivity contribution in [2.45, 2.75) is 55.7 Å². The fourth-order valence-corrected chi connectivity index (χ4v) is 4.98. The smallest absolute Gasteiger partial charge is 0.281 e. The number of fused-ring (bicyclic) bond motifs is 3. The molecular formula is C21H23ClF3N3O3. The third kappa shape index (κ3) is 4.25. The fraction of sp³-hybridized carbons (Fsp3) is 0.524. The Kier molecular flexibility index (Phi) is 5.91. The predicted octanol–water partition coefficient (Wildman–Crippen LogP) is 3.28. The first-order chi connectivity index (χ1) is 14.7. The van der Waals surface area contributed by atoms with E-state index in [1.165, 1.54) is 24.5 Å². The molecule has 2 N–H and O–H groups in total. The highest BCUT2D eigenvalue weighted by atomic mass is 35.5. The van der Waals surface area contributed by atoms with Crippen molar-refractivity contribution in [2.75, 3.05) is 13.2 Å². The molecule has 168 valence electrons. The van der Waals surface area contributed by atoms with Crippen LogP contribution in [0.25, 0.3) is 0 Å². The highest BCUT2D eigenvalue weighted by molar-refractivity contribution is 6.30. The monoisotopic (exact) mass is 457 g/mol. The highest BCUT2D eigenvalue weighted by Crippen LogP contribution is 2.50. The lowest BCUT2D eigenvalue weighted by Crippen LogP contribution is -2.69. The van der Waals surface area contributed by atoms with Crippen LogP contribution in [-0.4, -0.2) is 58.9 Å². The summed E-state index contributed by atoms with van der Waals surface area (Å²) in [6.45, 7) is 0.0608. The van der Waals surface area contributed by atoms with Crippen LogP contribution in [0.5, 0.6) is 5.75 Å². The average Bonchev–Trinajstić information content (AvgIpc) is 2.75. The molecule has 5 rings (SSSR count). The van der Waals surface area contributed by atoms with Gasteiger partial charge in [0.25, 0.3) is 12.3 Å². The topological polar surface area (TPSA) is 74.2 Å². The van der Waals surface area contributed by atoms with Crippen molar-refractivity contribution in [3.63, 3.8) is 0 Å². The van der Waals surface area contributed by atoms with E-state index in [0.717, 1.165) is 6.07 Å². The SMILES string of the molecule is O=C(COc1ccc(Cl)c(F)c1)NC12CCC(N3C=C(C(F)F)N=CC3)(CC1)C(O)C2. The van der Waals surface area contributed by atoms with Gasteiger partial charge < -0.3 is 20.1 Å². The van der Waals surface area contributed by atoms with Gasteiger partial charge in [0.15, 0.2) is 6.61 Å². The molecule has 3 aliphatic carbocycles. The molecule has 6 nitrogen and oxygen atoms in total. The Morgan fingerprint density at radius 1 is 1.35 bits per heavy atom. The van der Waals surface area contributed by atoms with Crippen molar-refractivity contribution in [3.8, 4) is 5.75 Å². The number of aliphatic hydroxyl groups is 1. The maximum atomic E-state index is 13.5. The van der Waals surface area contributed by atoms with Gasteiger partial charge in [-0.1, -0.05) is 11.6 Å². The summed E-state index contributed by atoms with van der Waals surface area (Å²) in [5.41, 5.74) is -1.53. The number of hydrogen-bond donors (Lipinski definition) is 2. The minimum atomic E-state index is -2.67.